The maximum Gasteiger partial charge on any atom is 0.151 e. The Kier molecular flexibility index (Phi) is 3.62. The third-order valence-corrected chi connectivity index (χ3v) is 3.60. The van der Waals surface area contributed by atoms with Crippen LogP contribution in [-0.2, 0) is 6.54 Å². The van der Waals surface area contributed by atoms with Gasteiger partial charge in [0.05, 0.1) is 6.54 Å². The van der Waals surface area contributed by atoms with E-state index in [2.05, 4.69) is 34.1 Å². The van der Waals surface area contributed by atoms with Crippen molar-refractivity contribution in [2.24, 2.45) is 0 Å². The molecule has 2 aromatic rings. The Labute approximate surface area is 113 Å². The van der Waals surface area contributed by atoms with E-state index in [-0.39, 0.29) is 0 Å². The number of hydrogen-bond donors (Lipinski definition) is 0. The first kappa shape index (κ1) is 12.4. The first-order valence-corrected chi connectivity index (χ1v) is 6.73. The van der Waals surface area contributed by atoms with E-state index in [4.69, 9.17) is 4.52 Å². The van der Waals surface area contributed by atoms with Gasteiger partial charge in [-0.2, -0.15) is 0 Å². The predicted octanol–water partition coefficient (Wildman–Crippen LogP) is 2.09. The minimum absolute atomic E-state index is 0.855. The summed E-state index contributed by atoms with van der Waals surface area (Å²) in [6, 6.07) is 12.2. The van der Waals surface area contributed by atoms with Crippen molar-refractivity contribution in [1.82, 2.24) is 15.0 Å². The third kappa shape index (κ3) is 3.03. The minimum atomic E-state index is 0.855. The molecule has 0 N–H and O–H groups in total. The van der Waals surface area contributed by atoms with Crippen LogP contribution in [-0.4, -0.2) is 48.2 Å². The third-order valence-electron chi connectivity index (χ3n) is 3.60. The summed E-state index contributed by atoms with van der Waals surface area (Å²) < 4.78 is 5.44. The molecule has 3 rings (SSSR count). The summed E-state index contributed by atoms with van der Waals surface area (Å²) in [5.74, 6) is 0.948. The minimum Gasteiger partial charge on any atom is -0.359 e. The van der Waals surface area contributed by atoms with Gasteiger partial charge in [0.1, 0.15) is 5.69 Å². The van der Waals surface area contributed by atoms with Gasteiger partial charge >= 0.3 is 0 Å². The van der Waals surface area contributed by atoms with Crippen molar-refractivity contribution >= 4 is 0 Å². The summed E-state index contributed by atoms with van der Waals surface area (Å²) in [7, 11) is 2.17. The molecule has 0 aliphatic carbocycles. The lowest BCUT2D eigenvalue weighted by Gasteiger charge is -2.31. The molecule has 0 radical (unpaired) electrons. The predicted molar refractivity (Wildman–Crippen MR) is 74.7 cm³/mol. The van der Waals surface area contributed by atoms with Gasteiger partial charge in [0.2, 0.25) is 0 Å². The second kappa shape index (κ2) is 5.55. The molecule has 4 nitrogen and oxygen atoms in total. The number of rotatable bonds is 3. The summed E-state index contributed by atoms with van der Waals surface area (Å²) in [6.07, 6.45) is 0. The zero-order valence-electron chi connectivity index (χ0n) is 11.2. The van der Waals surface area contributed by atoms with Gasteiger partial charge in [-0.05, 0) is 7.05 Å². The van der Waals surface area contributed by atoms with E-state index in [1.54, 1.807) is 0 Å². The number of hydrogen-bond acceptors (Lipinski definition) is 4. The molecule has 1 aromatic carbocycles. The number of piperazine rings is 1. The van der Waals surface area contributed by atoms with Crippen LogP contribution in [0.4, 0.5) is 0 Å². The molecule has 4 heteroatoms. The lowest BCUT2D eigenvalue weighted by Crippen LogP contribution is -2.43. The van der Waals surface area contributed by atoms with E-state index >= 15 is 0 Å². The second-order valence-electron chi connectivity index (χ2n) is 5.12. The highest BCUT2D eigenvalue weighted by Gasteiger charge is 2.16. The maximum atomic E-state index is 5.44. The Balaban J connectivity index is 1.65. The largest absolute Gasteiger partial charge is 0.359 e. The molecule has 0 amide bonds. The Hall–Kier alpha value is -1.65. The molecular weight excluding hydrogens is 238 g/mol. The average Bonchev–Trinajstić information content (AvgIpc) is 2.91. The number of likely N-dealkylation sites (N-methyl/N-ethyl adjacent to an activating group) is 1. The molecule has 1 saturated heterocycles. The van der Waals surface area contributed by atoms with Crippen LogP contribution in [0.2, 0.25) is 0 Å². The molecule has 1 fully saturated rings. The molecule has 0 atom stereocenters. The van der Waals surface area contributed by atoms with Crippen LogP contribution in [0, 0.1) is 0 Å². The molecule has 0 spiro atoms. The zero-order chi connectivity index (χ0) is 13.1. The van der Waals surface area contributed by atoms with Crippen molar-refractivity contribution in [2.45, 2.75) is 6.54 Å². The van der Waals surface area contributed by atoms with Crippen molar-refractivity contribution in [3.05, 3.63) is 42.2 Å². The summed E-state index contributed by atoms with van der Waals surface area (Å²) in [5, 5.41) is 4.15. The van der Waals surface area contributed by atoms with Gasteiger partial charge in [0.25, 0.3) is 0 Å². The maximum absolute atomic E-state index is 5.44. The average molecular weight is 257 g/mol. The van der Waals surface area contributed by atoms with Gasteiger partial charge in [-0.1, -0.05) is 35.5 Å². The van der Waals surface area contributed by atoms with E-state index < -0.39 is 0 Å². The van der Waals surface area contributed by atoms with Crippen LogP contribution in [0.25, 0.3) is 11.3 Å². The lowest BCUT2D eigenvalue weighted by atomic mass is 10.1. The summed E-state index contributed by atoms with van der Waals surface area (Å²) in [6.45, 7) is 5.29. The molecule has 2 heterocycles. The summed E-state index contributed by atoms with van der Waals surface area (Å²) >= 11 is 0. The number of nitrogens with zero attached hydrogens (tertiary/aromatic N) is 3. The molecule has 1 aromatic heterocycles. The Morgan fingerprint density at radius 2 is 1.84 bits per heavy atom. The van der Waals surface area contributed by atoms with Crippen molar-refractivity contribution in [1.29, 1.82) is 0 Å². The standard InChI is InChI=1S/C15H19N3O/c1-17-7-9-18(10-8-17)12-14-11-15(16-19-14)13-5-3-2-4-6-13/h2-6,11H,7-10,12H2,1H3. The quantitative estimate of drug-likeness (QED) is 0.843. The number of benzene rings is 1. The van der Waals surface area contributed by atoms with E-state index in [0.717, 1.165) is 49.7 Å². The van der Waals surface area contributed by atoms with Crippen LogP contribution in [0.5, 0.6) is 0 Å². The second-order valence-corrected chi connectivity index (χ2v) is 5.12. The highest BCUT2D eigenvalue weighted by Crippen LogP contribution is 2.19. The van der Waals surface area contributed by atoms with E-state index in [0.29, 0.717) is 0 Å². The van der Waals surface area contributed by atoms with Gasteiger partial charge < -0.3 is 9.42 Å². The molecule has 19 heavy (non-hydrogen) atoms. The van der Waals surface area contributed by atoms with Crippen molar-refractivity contribution < 1.29 is 4.52 Å². The fraction of sp³-hybridized carbons (Fsp3) is 0.400. The molecular formula is C15H19N3O. The van der Waals surface area contributed by atoms with Crippen molar-refractivity contribution in [3.63, 3.8) is 0 Å². The van der Waals surface area contributed by atoms with Crippen LogP contribution in [0.3, 0.4) is 0 Å². The normalized spacial score (nSPS) is 17.7. The van der Waals surface area contributed by atoms with Gasteiger partial charge in [-0.25, -0.2) is 0 Å². The van der Waals surface area contributed by atoms with Crippen LogP contribution in [0.15, 0.2) is 40.9 Å². The van der Waals surface area contributed by atoms with Crippen molar-refractivity contribution in [3.8, 4) is 11.3 Å². The Bertz CT molecular complexity index is 515. The van der Waals surface area contributed by atoms with Gasteiger partial charge in [-0.3, -0.25) is 4.90 Å². The van der Waals surface area contributed by atoms with E-state index in [1.165, 1.54) is 0 Å². The molecule has 1 aliphatic heterocycles. The monoisotopic (exact) mass is 257 g/mol. The number of aromatic nitrogens is 1. The fourth-order valence-electron chi connectivity index (χ4n) is 2.36. The first-order chi connectivity index (χ1) is 9.31. The lowest BCUT2D eigenvalue weighted by molar-refractivity contribution is 0.137. The topological polar surface area (TPSA) is 32.5 Å². The van der Waals surface area contributed by atoms with Gasteiger partial charge in [-0.15, -0.1) is 0 Å². The van der Waals surface area contributed by atoms with Gasteiger partial charge in [0, 0.05) is 37.8 Å². The van der Waals surface area contributed by atoms with Crippen LogP contribution in [0.1, 0.15) is 5.76 Å². The first-order valence-electron chi connectivity index (χ1n) is 6.73. The molecule has 0 saturated carbocycles. The van der Waals surface area contributed by atoms with Crippen LogP contribution < -0.4 is 0 Å². The molecule has 100 valence electrons. The Morgan fingerprint density at radius 1 is 1.11 bits per heavy atom. The molecule has 0 bridgehead atoms. The SMILES string of the molecule is CN1CCN(Cc2cc(-c3ccccc3)no2)CC1. The Morgan fingerprint density at radius 3 is 2.58 bits per heavy atom. The fourth-order valence-corrected chi connectivity index (χ4v) is 2.36. The van der Waals surface area contributed by atoms with Gasteiger partial charge in [0.15, 0.2) is 5.76 Å². The van der Waals surface area contributed by atoms with E-state index in [1.807, 2.05) is 24.3 Å². The highest BCUT2D eigenvalue weighted by molar-refractivity contribution is 5.58. The zero-order valence-corrected chi connectivity index (χ0v) is 11.2. The van der Waals surface area contributed by atoms with E-state index in [9.17, 15) is 0 Å². The summed E-state index contributed by atoms with van der Waals surface area (Å²) in [4.78, 5) is 4.77. The summed E-state index contributed by atoms with van der Waals surface area (Å²) in [5.41, 5.74) is 2.03. The highest BCUT2D eigenvalue weighted by atomic mass is 16.5. The smallest absolute Gasteiger partial charge is 0.151 e. The van der Waals surface area contributed by atoms with Crippen LogP contribution >= 0.6 is 0 Å². The molecule has 0 unspecified atom stereocenters. The van der Waals surface area contributed by atoms with Crippen molar-refractivity contribution in [2.75, 3.05) is 33.2 Å². The molecule has 1 aliphatic rings.